The van der Waals surface area contributed by atoms with E-state index in [-0.39, 0.29) is 34.7 Å². The molecule has 3 rings (SSSR count). The second-order valence-electron chi connectivity index (χ2n) is 6.14. The summed E-state index contributed by atoms with van der Waals surface area (Å²) in [5.74, 6) is -0.608. The van der Waals surface area contributed by atoms with Crippen LogP contribution in [-0.4, -0.2) is 44.7 Å². The lowest BCUT2D eigenvalue weighted by atomic mass is 10.2. The lowest BCUT2D eigenvalue weighted by Gasteiger charge is -2.22. The number of rotatable bonds is 6. The van der Waals surface area contributed by atoms with Gasteiger partial charge in [-0.05, 0) is 11.6 Å². The van der Waals surface area contributed by atoms with Crippen LogP contribution >= 0.6 is 11.6 Å². The van der Waals surface area contributed by atoms with Gasteiger partial charge in [-0.25, -0.2) is 8.42 Å². The molecule has 2 N–H and O–H groups in total. The smallest absolute Gasteiger partial charge is 0.262 e. The maximum atomic E-state index is 12.8. The molecule has 28 heavy (non-hydrogen) atoms. The van der Waals surface area contributed by atoms with Crippen LogP contribution in [0.5, 0.6) is 5.75 Å². The number of amides is 2. The Hall–Kier alpha value is -2.62. The number of halogens is 1. The molecule has 2 aromatic carbocycles. The molecule has 148 valence electrons. The fourth-order valence-electron chi connectivity index (χ4n) is 2.59. The maximum absolute atomic E-state index is 12.8. The van der Waals surface area contributed by atoms with Crippen molar-refractivity contribution in [2.75, 3.05) is 25.5 Å². The first-order chi connectivity index (χ1) is 13.3. The summed E-state index contributed by atoms with van der Waals surface area (Å²) in [5.41, 5.74) is 1.20. The maximum Gasteiger partial charge on any atom is 0.262 e. The van der Waals surface area contributed by atoms with Crippen molar-refractivity contribution in [2.24, 2.45) is 0 Å². The van der Waals surface area contributed by atoms with E-state index in [1.165, 1.54) is 19.2 Å². The molecule has 0 fully saturated rings. The highest BCUT2D eigenvalue weighted by atomic mass is 35.5. The summed E-state index contributed by atoms with van der Waals surface area (Å²) in [4.78, 5) is 23.3. The van der Waals surface area contributed by atoms with Crippen LogP contribution in [-0.2, 0) is 26.2 Å². The molecule has 0 saturated heterocycles. The second kappa shape index (κ2) is 8.17. The van der Waals surface area contributed by atoms with Crippen molar-refractivity contribution < 1.29 is 22.7 Å². The van der Waals surface area contributed by atoms with E-state index >= 15 is 0 Å². The van der Waals surface area contributed by atoms with Gasteiger partial charge in [-0.2, -0.15) is 4.31 Å². The van der Waals surface area contributed by atoms with Crippen LogP contribution < -0.4 is 15.4 Å². The molecule has 1 aliphatic heterocycles. The predicted octanol–water partition coefficient (Wildman–Crippen LogP) is 1.61. The minimum absolute atomic E-state index is 0.0823. The molecule has 8 nitrogen and oxygen atoms in total. The van der Waals surface area contributed by atoms with Crippen LogP contribution in [0, 0.1) is 0 Å². The van der Waals surface area contributed by atoms with Crippen molar-refractivity contribution in [2.45, 2.75) is 11.4 Å². The first kappa shape index (κ1) is 20.1. The zero-order chi connectivity index (χ0) is 20.3. The molecule has 1 heterocycles. The van der Waals surface area contributed by atoms with Crippen LogP contribution in [0.4, 0.5) is 5.69 Å². The molecular weight excluding hydrogens is 406 g/mol. The number of sulfonamides is 1. The van der Waals surface area contributed by atoms with E-state index in [2.05, 4.69) is 10.6 Å². The highest BCUT2D eigenvalue weighted by molar-refractivity contribution is 7.89. The third-order valence-electron chi connectivity index (χ3n) is 4.05. The highest BCUT2D eigenvalue weighted by Crippen LogP contribution is 2.36. The zero-order valence-corrected chi connectivity index (χ0v) is 16.5. The first-order valence-electron chi connectivity index (χ1n) is 8.30. The molecule has 0 aromatic heterocycles. The Bertz CT molecular complexity index is 1010. The van der Waals surface area contributed by atoms with Crippen LogP contribution in [0.2, 0.25) is 5.02 Å². The van der Waals surface area contributed by atoms with Crippen molar-refractivity contribution in [3.63, 3.8) is 0 Å². The number of anilines is 1. The fourth-order valence-corrected chi connectivity index (χ4v) is 4.23. The third kappa shape index (κ3) is 4.44. The molecule has 0 saturated carbocycles. The monoisotopic (exact) mass is 423 g/mol. The molecule has 0 bridgehead atoms. The Morgan fingerprint density at radius 2 is 2.00 bits per heavy atom. The van der Waals surface area contributed by atoms with Gasteiger partial charge >= 0.3 is 0 Å². The SMILES string of the molecule is CN(CC(=O)NCc1ccccc1)S(=O)(=O)c1cc2c(cc1Cl)NC(=O)CO2. The summed E-state index contributed by atoms with van der Waals surface area (Å²) in [7, 11) is -2.76. The molecule has 0 radical (unpaired) electrons. The van der Waals surface area contributed by atoms with Gasteiger partial charge in [0.1, 0.15) is 10.6 Å². The molecule has 10 heteroatoms. The fraction of sp³-hybridized carbons (Fsp3) is 0.222. The molecule has 2 aromatic rings. The van der Waals surface area contributed by atoms with E-state index < -0.39 is 15.9 Å². The largest absolute Gasteiger partial charge is 0.482 e. The number of fused-ring (bicyclic) bond motifs is 1. The van der Waals surface area contributed by atoms with Gasteiger partial charge in [0.15, 0.2) is 6.61 Å². The van der Waals surface area contributed by atoms with Gasteiger partial charge in [-0.15, -0.1) is 0 Å². The van der Waals surface area contributed by atoms with E-state index in [4.69, 9.17) is 16.3 Å². The van der Waals surface area contributed by atoms with Gasteiger partial charge in [0.05, 0.1) is 17.3 Å². The van der Waals surface area contributed by atoms with Crippen molar-refractivity contribution in [1.82, 2.24) is 9.62 Å². The highest BCUT2D eigenvalue weighted by Gasteiger charge is 2.28. The Balaban J connectivity index is 1.71. The molecule has 0 unspecified atom stereocenters. The van der Waals surface area contributed by atoms with E-state index in [0.29, 0.717) is 12.2 Å². The Labute approximate surface area is 167 Å². The number of benzene rings is 2. The number of hydrogen-bond acceptors (Lipinski definition) is 5. The van der Waals surface area contributed by atoms with Crippen LogP contribution in [0.1, 0.15) is 5.56 Å². The number of carbonyl (C=O) groups excluding carboxylic acids is 2. The van der Waals surface area contributed by atoms with E-state index in [1.54, 1.807) is 0 Å². The number of hydrogen-bond donors (Lipinski definition) is 2. The number of ether oxygens (including phenoxy) is 1. The molecular formula is C18H18ClN3O5S. The topological polar surface area (TPSA) is 105 Å². The van der Waals surface area contributed by atoms with Gasteiger partial charge < -0.3 is 15.4 Å². The molecule has 2 amide bonds. The lowest BCUT2D eigenvalue weighted by Crippen LogP contribution is -2.38. The summed E-state index contributed by atoms with van der Waals surface area (Å²) in [6.07, 6.45) is 0. The first-order valence-corrected chi connectivity index (χ1v) is 10.1. The molecule has 1 aliphatic rings. The molecule has 0 spiro atoms. The Morgan fingerprint density at radius 1 is 1.29 bits per heavy atom. The zero-order valence-electron chi connectivity index (χ0n) is 14.9. The van der Waals surface area contributed by atoms with Crippen molar-refractivity contribution in [3.8, 4) is 5.75 Å². The van der Waals surface area contributed by atoms with Crippen LogP contribution in [0.25, 0.3) is 0 Å². The summed E-state index contributed by atoms with van der Waals surface area (Å²) in [6.45, 7) is -0.299. The van der Waals surface area contributed by atoms with Gasteiger partial charge in [0.25, 0.3) is 5.91 Å². The minimum atomic E-state index is -4.05. The standard InChI is InChI=1S/C18H18ClN3O5S/c1-22(10-17(23)20-9-12-5-3-2-4-6-12)28(25,26)16-8-15-14(7-13(16)19)21-18(24)11-27-15/h2-8H,9-11H2,1H3,(H,20,23)(H,21,24). The van der Waals surface area contributed by atoms with Crippen LogP contribution in [0.15, 0.2) is 47.4 Å². The molecule has 0 aliphatic carbocycles. The summed E-state index contributed by atoms with van der Waals surface area (Å²) >= 11 is 6.10. The van der Waals surface area contributed by atoms with E-state index in [1.807, 2.05) is 30.3 Å². The number of carbonyl (C=O) groups is 2. The minimum Gasteiger partial charge on any atom is -0.482 e. The van der Waals surface area contributed by atoms with Crippen LogP contribution in [0.3, 0.4) is 0 Å². The van der Waals surface area contributed by atoms with Gasteiger partial charge in [0.2, 0.25) is 15.9 Å². The van der Waals surface area contributed by atoms with E-state index in [0.717, 1.165) is 9.87 Å². The van der Waals surface area contributed by atoms with Crippen molar-refractivity contribution in [3.05, 3.63) is 53.1 Å². The number of likely N-dealkylation sites (N-methyl/N-ethyl adjacent to an activating group) is 1. The Kier molecular flexibility index (Phi) is 5.87. The van der Waals surface area contributed by atoms with Crippen molar-refractivity contribution >= 4 is 39.1 Å². The average Bonchev–Trinajstić information content (AvgIpc) is 2.66. The van der Waals surface area contributed by atoms with Gasteiger partial charge in [-0.1, -0.05) is 41.9 Å². The third-order valence-corrected chi connectivity index (χ3v) is 6.32. The predicted molar refractivity (Wildman–Crippen MR) is 104 cm³/mol. The molecule has 0 atom stereocenters. The van der Waals surface area contributed by atoms with Gasteiger partial charge in [0, 0.05) is 19.7 Å². The van der Waals surface area contributed by atoms with E-state index in [9.17, 15) is 18.0 Å². The summed E-state index contributed by atoms with van der Waals surface area (Å²) < 4.78 is 31.8. The lowest BCUT2D eigenvalue weighted by molar-refractivity contribution is -0.121. The number of nitrogens with zero attached hydrogens (tertiary/aromatic N) is 1. The quantitative estimate of drug-likeness (QED) is 0.734. The average molecular weight is 424 g/mol. The number of nitrogens with one attached hydrogen (secondary N) is 2. The van der Waals surface area contributed by atoms with Crippen molar-refractivity contribution in [1.29, 1.82) is 0 Å². The normalized spacial score (nSPS) is 13.5. The summed E-state index contributed by atoms with van der Waals surface area (Å²) in [6, 6.07) is 11.8. The summed E-state index contributed by atoms with van der Waals surface area (Å²) in [5, 5.41) is 5.14. The Morgan fingerprint density at radius 3 is 2.71 bits per heavy atom. The van der Waals surface area contributed by atoms with Gasteiger partial charge in [-0.3, -0.25) is 9.59 Å². The second-order valence-corrected chi connectivity index (χ2v) is 8.56.